The molecule has 3 heterocycles. The second-order valence-corrected chi connectivity index (χ2v) is 8.23. The van der Waals surface area contributed by atoms with E-state index in [2.05, 4.69) is 0 Å². The lowest BCUT2D eigenvalue weighted by Crippen LogP contribution is -2.66. The number of hydrogen-bond donors (Lipinski definition) is 0. The molecule has 3 aliphatic rings. The Morgan fingerprint density at radius 3 is 2.57 bits per heavy atom. The van der Waals surface area contributed by atoms with Crippen molar-refractivity contribution in [2.45, 2.75) is 51.2 Å². The zero-order valence-electron chi connectivity index (χ0n) is 17.8. The van der Waals surface area contributed by atoms with Crippen LogP contribution in [0.15, 0.2) is 30.4 Å². The van der Waals surface area contributed by atoms with E-state index in [1.165, 1.54) is 4.90 Å². The van der Waals surface area contributed by atoms with Gasteiger partial charge >= 0.3 is 11.8 Å². The second-order valence-electron chi connectivity index (χ2n) is 8.23. The monoisotopic (exact) mass is 411 g/mol. The lowest BCUT2D eigenvalue weighted by atomic mass is 9.84. The van der Waals surface area contributed by atoms with Crippen LogP contribution in [0.2, 0.25) is 0 Å². The van der Waals surface area contributed by atoms with Crippen LogP contribution in [0.1, 0.15) is 43.9 Å². The van der Waals surface area contributed by atoms with Crippen LogP contribution >= 0.6 is 0 Å². The van der Waals surface area contributed by atoms with Gasteiger partial charge in [0.2, 0.25) is 5.91 Å². The van der Waals surface area contributed by atoms with Crippen LogP contribution in [0.4, 0.5) is 0 Å². The summed E-state index contributed by atoms with van der Waals surface area (Å²) in [5, 5.41) is 0. The highest BCUT2D eigenvalue weighted by atomic mass is 16.5. The summed E-state index contributed by atoms with van der Waals surface area (Å²) in [4.78, 5) is 44.7. The highest BCUT2D eigenvalue weighted by molar-refractivity contribution is 6.35. The van der Waals surface area contributed by atoms with E-state index in [1.54, 1.807) is 12.0 Å². The largest absolute Gasteiger partial charge is 0.497 e. The third-order valence-electron chi connectivity index (χ3n) is 6.51. The number of piperazine rings is 1. The molecule has 1 aromatic rings. The van der Waals surface area contributed by atoms with Gasteiger partial charge < -0.3 is 19.4 Å². The fraction of sp³-hybridized carbons (Fsp3) is 0.522. The Morgan fingerprint density at radius 2 is 1.90 bits per heavy atom. The van der Waals surface area contributed by atoms with Gasteiger partial charge in [-0.3, -0.25) is 14.4 Å². The fourth-order valence-electron chi connectivity index (χ4n) is 5.03. The van der Waals surface area contributed by atoms with E-state index in [-0.39, 0.29) is 18.0 Å². The first-order chi connectivity index (χ1) is 14.5. The summed E-state index contributed by atoms with van der Waals surface area (Å²) in [7, 11) is 1.64. The maximum atomic E-state index is 13.5. The Bertz CT molecular complexity index is 888. The van der Waals surface area contributed by atoms with E-state index in [0.717, 1.165) is 29.7 Å². The number of nitrogens with zero attached hydrogens (tertiary/aromatic N) is 3. The van der Waals surface area contributed by atoms with Crippen LogP contribution in [0.5, 0.6) is 5.75 Å². The van der Waals surface area contributed by atoms with Crippen LogP contribution in [0, 0.1) is 0 Å². The molecule has 3 amide bonds. The van der Waals surface area contributed by atoms with Gasteiger partial charge in [0.15, 0.2) is 0 Å². The average molecular weight is 412 g/mol. The summed E-state index contributed by atoms with van der Waals surface area (Å²) >= 11 is 0. The molecule has 160 valence electrons. The first kappa shape index (κ1) is 20.4. The molecule has 0 bridgehead atoms. The molecule has 0 aromatic heterocycles. The lowest BCUT2D eigenvalue weighted by Gasteiger charge is -2.52. The van der Waals surface area contributed by atoms with E-state index < -0.39 is 17.9 Å². The number of fused-ring (bicyclic) bond motifs is 3. The van der Waals surface area contributed by atoms with Gasteiger partial charge in [0.05, 0.1) is 19.2 Å². The van der Waals surface area contributed by atoms with Gasteiger partial charge in [0.25, 0.3) is 0 Å². The summed E-state index contributed by atoms with van der Waals surface area (Å²) < 4.78 is 5.36. The Kier molecular flexibility index (Phi) is 5.54. The summed E-state index contributed by atoms with van der Waals surface area (Å²) in [6.45, 7) is 5.45. The van der Waals surface area contributed by atoms with Gasteiger partial charge in [-0.05, 0) is 43.0 Å². The minimum absolute atomic E-state index is 0.0536. The maximum Gasteiger partial charge on any atom is 0.313 e. The van der Waals surface area contributed by atoms with Crippen molar-refractivity contribution < 1.29 is 19.1 Å². The number of rotatable bonds is 3. The molecule has 1 fully saturated rings. The Labute approximate surface area is 177 Å². The number of benzene rings is 1. The van der Waals surface area contributed by atoms with Gasteiger partial charge in [0.1, 0.15) is 11.8 Å². The van der Waals surface area contributed by atoms with Crippen molar-refractivity contribution in [1.82, 2.24) is 14.7 Å². The number of carbonyl (C=O) groups excluding carboxylic acids is 3. The van der Waals surface area contributed by atoms with E-state index in [0.29, 0.717) is 26.1 Å². The quantitative estimate of drug-likeness (QED) is 0.563. The standard InChI is InChI=1S/C23H29N3O4/c1-4-7-19-21(27)25-13-10-16-14-17(30-3)8-9-18(16)20(25)15(2)26(19)23(29)22(28)24-11-5-6-12-24/h5-6,8-9,14-15,19-20H,4,7,10-13H2,1-3H3. The fourth-order valence-corrected chi connectivity index (χ4v) is 5.03. The van der Waals surface area contributed by atoms with E-state index in [1.807, 2.05) is 49.1 Å². The highest BCUT2D eigenvalue weighted by Gasteiger charge is 2.50. The van der Waals surface area contributed by atoms with E-state index >= 15 is 0 Å². The molecule has 3 unspecified atom stereocenters. The SMILES string of the molecule is CCCC1C(=O)N2CCc3cc(OC)ccc3C2C(C)N1C(=O)C(=O)N1CC=CC1. The highest BCUT2D eigenvalue weighted by Crippen LogP contribution is 2.41. The predicted octanol–water partition coefficient (Wildman–Crippen LogP) is 1.92. The van der Waals surface area contributed by atoms with Gasteiger partial charge in [-0.25, -0.2) is 0 Å². The minimum atomic E-state index is -0.590. The summed E-state index contributed by atoms with van der Waals surface area (Å²) in [6.07, 6.45) is 5.84. The molecule has 7 nitrogen and oxygen atoms in total. The molecule has 3 atom stereocenters. The molecule has 4 rings (SSSR count). The minimum Gasteiger partial charge on any atom is -0.497 e. The summed E-state index contributed by atoms with van der Waals surface area (Å²) in [5.41, 5.74) is 2.16. The maximum absolute atomic E-state index is 13.5. The average Bonchev–Trinajstić information content (AvgIpc) is 3.30. The van der Waals surface area contributed by atoms with Gasteiger partial charge in [0, 0.05) is 19.6 Å². The third kappa shape index (κ3) is 3.26. The van der Waals surface area contributed by atoms with Gasteiger partial charge in [-0.2, -0.15) is 0 Å². The Morgan fingerprint density at radius 1 is 1.17 bits per heavy atom. The van der Waals surface area contributed by atoms with Crippen molar-refractivity contribution in [2.75, 3.05) is 26.7 Å². The van der Waals surface area contributed by atoms with Gasteiger partial charge in [-0.15, -0.1) is 0 Å². The number of amides is 3. The van der Waals surface area contributed by atoms with Crippen molar-refractivity contribution >= 4 is 17.7 Å². The topological polar surface area (TPSA) is 70.2 Å². The Hall–Kier alpha value is -2.83. The van der Waals surface area contributed by atoms with Crippen molar-refractivity contribution in [3.63, 3.8) is 0 Å². The zero-order chi connectivity index (χ0) is 21.4. The van der Waals surface area contributed by atoms with E-state index in [9.17, 15) is 14.4 Å². The molecule has 30 heavy (non-hydrogen) atoms. The smallest absolute Gasteiger partial charge is 0.313 e. The van der Waals surface area contributed by atoms with Crippen LogP contribution in [-0.4, -0.2) is 71.2 Å². The molecule has 0 spiro atoms. The first-order valence-electron chi connectivity index (χ1n) is 10.7. The normalized spacial score (nSPS) is 25.2. The predicted molar refractivity (Wildman–Crippen MR) is 112 cm³/mol. The summed E-state index contributed by atoms with van der Waals surface area (Å²) in [6, 6.07) is 4.75. The van der Waals surface area contributed by atoms with Crippen LogP contribution in [0.3, 0.4) is 0 Å². The molecule has 1 aromatic carbocycles. The first-order valence-corrected chi connectivity index (χ1v) is 10.7. The van der Waals surface area contributed by atoms with Crippen molar-refractivity contribution in [2.24, 2.45) is 0 Å². The molecule has 3 aliphatic heterocycles. The van der Waals surface area contributed by atoms with Crippen molar-refractivity contribution in [3.8, 4) is 5.75 Å². The van der Waals surface area contributed by atoms with Crippen LogP contribution in [0.25, 0.3) is 0 Å². The second kappa shape index (κ2) is 8.13. The third-order valence-corrected chi connectivity index (χ3v) is 6.51. The van der Waals surface area contributed by atoms with Crippen LogP contribution in [-0.2, 0) is 20.8 Å². The number of carbonyl (C=O) groups is 3. The van der Waals surface area contributed by atoms with Gasteiger partial charge in [-0.1, -0.05) is 31.6 Å². The molecular weight excluding hydrogens is 382 g/mol. The van der Waals surface area contributed by atoms with Crippen molar-refractivity contribution in [1.29, 1.82) is 0 Å². The molecule has 7 heteroatoms. The molecule has 0 radical (unpaired) electrons. The number of methoxy groups -OCH3 is 1. The Balaban J connectivity index is 1.71. The van der Waals surface area contributed by atoms with E-state index in [4.69, 9.17) is 4.74 Å². The zero-order valence-corrected chi connectivity index (χ0v) is 17.8. The number of ether oxygens (including phenoxy) is 1. The van der Waals surface area contributed by atoms with Crippen LogP contribution < -0.4 is 4.74 Å². The number of hydrogen-bond acceptors (Lipinski definition) is 4. The van der Waals surface area contributed by atoms with Crippen molar-refractivity contribution in [3.05, 3.63) is 41.5 Å². The molecule has 1 saturated heterocycles. The molecular formula is C23H29N3O4. The molecule has 0 aliphatic carbocycles. The molecule has 0 saturated carbocycles. The summed E-state index contributed by atoms with van der Waals surface area (Å²) in [5.74, 6) is -0.370. The molecule has 0 N–H and O–H groups in total. The lowest BCUT2D eigenvalue weighted by molar-refractivity contribution is -0.167.